The van der Waals surface area contributed by atoms with E-state index in [1.807, 2.05) is 12.3 Å². The quantitative estimate of drug-likeness (QED) is 0.748. The van der Waals surface area contributed by atoms with E-state index in [0.717, 1.165) is 12.2 Å². The van der Waals surface area contributed by atoms with Crippen LogP contribution in [0.1, 0.15) is 26.3 Å². The van der Waals surface area contributed by atoms with Gasteiger partial charge in [-0.1, -0.05) is 44.2 Å². The van der Waals surface area contributed by atoms with Crippen LogP contribution >= 0.6 is 0 Å². The molecule has 0 saturated heterocycles. The third kappa shape index (κ3) is 3.14. The van der Waals surface area contributed by atoms with Crippen molar-refractivity contribution in [3.8, 4) is 0 Å². The summed E-state index contributed by atoms with van der Waals surface area (Å²) in [6, 6.07) is 17.4. The van der Waals surface area contributed by atoms with Crippen LogP contribution in [0, 0.1) is 5.92 Å². The maximum atomic E-state index is 4.53. The van der Waals surface area contributed by atoms with Gasteiger partial charge in [0.25, 0.3) is 0 Å². The highest BCUT2D eigenvalue weighted by molar-refractivity contribution is 5.82. The number of nitrogens with zero attached hydrogens (tertiary/aromatic N) is 2. The Kier molecular flexibility index (Phi) is 4.14. The Morgan fingerprint density at radius 3 is 2.55 bits per heavy atom. The first-order valence-corrected chi connectivity index (χ1v) is 7.89. The molecule has 0 bridgehead atoms. The molecule has 1 heterocycles. The van der Waals surface area contributed by atoms with Crippen molar-refractivity contribution in [1.29, 1.82) is 0 Å². The van der Waals surface area contributed by atoms with Crippen molar-refractivity contribution in [2.75, 3.05) is 5.32 Å². The topological polar surface area (TPSA) is 29.9 Å². The average Bonchev–Trinajstić information content (AvgIpc) is 2.90. The highest BCUT2D eigenvalue weighted by Crippen LogP contribution is 2.21. The molecule has 3 heteroatoms. The third-order valence-corrected chi connectivity index (χ3v) is 4.21. The summed E-state index contributed by atoms with van der Waals surface area (Å²) in [7, 11) is 0. The first kappa shape index (κ1) is 14.6. The van der Waals surface area contributed by atoms with Crippen LogP contribution < -0.4 is 5.32 Å². The Morgan fingerprint density at radius 2 is 1.82 bits per heavy atom. The minimum atomic E-state index is 0.455. The van der Waals surface area contributed by atoms with Gasteiger partial charge in [-0.05, 0) is 36.6 Å². The fourth-order valence-corrected chi connectivity index (χ4v) is 2.49. The smallest absolute Gasteiger partial charge is 0.0687 e. The van der Waals surface area contributed by atoms with Crippen molar-refractivity contribution in [1.82, 2.24) is 9.78 Å². The van der Waals surface area contributed by atoms with Crippen LogP contribution in [0.5, 0.6) is 0 Å². The fourth-order valence-electron chi connectivity index (χ4n) is 2.49. The lowest BCUT2D eigenvalue weighted by atomic mass is 10.1. The lowest BCUT2D eigenvalue weighted by Crippen LogP contribution is -2.21. The Hall–Kier alpha value is -2.29. The second-order valence-corrected chi connectivity index (χ2v) is 6.24. The molecule has 0 aliphatic carbocycles. The molecular weight excluding hydrogens is 270 g/mol. The molecule has 0 spiro atoms. The normalized spacial score (nSPS) is 12.7. The lowest BCUT2D eigenvalue weighted by molar-refractivity contribution is 0.560. The zero-order valence-corrected chi connectivity index (χ0v) is 13.5. The number of nitrogens with one attached hydrogen (secondary N) is 1. The maximum absolute atomic E-state index is 4.53. The van der Waals surface area contributed by atoms with E-state index in [1.54, 1.807) is 0 Å². The van der Waals surface area contributed by atoms with Gasteiger partial charge in [-0.25, -0.2) is 0 Å². The summed E-state index contributed by atoms with van der Waals surface area (Å²) in [6.45, 7) is 7.48. The SMILES string of the molecule is CC(C)C(C)Nc1ccc2c(cnn2Cc2ccccc2)c1. The van der Waals surface area contributed by atoms with E-state index in [2.05, 4.69) is 78.3 Å². The number of benzene rings is 2. The first-order valence-electron chi connectivity index (χ1n) is 7.89. The van der Waals surface area contributed by atoms with Gasteiger partial charge in [-0.2, -0.15) is 5.10 Å². The summed E-state index contributed by atoms with van der Waals surface area (Å²) < 4.78 is 2.06. The summed E-state index contributed by atoms with van der Waals surface area (Å²) in [4.78, 5) is 0. The van der Waals surface area contributed by atoms with Crippen LogP contribution in [0.4, 0.5) is 5.69 Å². The van der Waals surface area contributed by atoms with E-state index in [9.17, 15) is 0 Å². The van der Waals surface area contributed by atoms with Crippen molar-refractivity contribution < 1.29 is 0 Å². The third-order valence-electron chi connectivity index (χ3n) is 4.21. The van der Waals surface area contributed by atoms with Crippen molar-refractivity contribution >= 4 is 16.6 Å². The number of hydrogen-bond acceptors (Lipinski definition) is 2. The molecule has 3 nitrogen and oxygen atoms in total. The van der Waals surface area contributed by atoms with Gasteiger partial charge in [0.05, 0.1) is 18.3 Å². The molecule has 1 unspecified atom stereocenters. The van der Waals surface area contributed by atoms with Gasteiger partial charge in [0.1, 0.15) is 0 Å². The Bertz CT molecular complexity index is 744. The van der Waals surface area contributed by atoms with Gasteiger partial charge in [-0.15, -0.1) is 0 Å². The van der Waals surface area contributed by atoms with Crippen LogP contribution in [-0.4, -0.2) is 15.8 Å². The van der Waals surface area contributed by atoms with Crippen molar-refractivity contribution in [3.63, 3.8) is 0 Å². The zero-order chi connectivity index (χ0) is 15.5. The molecule has 0 aliphatic heterocycles. The highest BCUT2D eigenvalue weighted by Gasteiger charge is 2.08. The van der Waals surface area contributed by atoms with Gasteiger partial charge in [0.15, 0.2) is 0 Å². The molecule has 0 saturated carbocycles. The monoisotopic (exact) mass is 293 g/mol. The summed E-state index contributed by atoms with van der Waals surface area (Å²) >= 11 is 0. The Balaban J connectivity index is 1.83. The van der Waals surface area contributed by atoms with Crippen LogP contribution in [0.25, 0.3) is 10.9 Å². The summed E-state index contributed by atoms with van der Waals surface area (Å²) in [6.07, 6.45) is 1.95. The summed E-state index contributed by atoms with van der Waals surface area (Å²) in [5, 5.41) is 9.27. The van der Waals surface area contributed by atoms with Gasteiger partial charge in [0.2, 0.25) is 0 Å². The van der Waals surface area contributed by atoms with Gasteiger partial charge >= 0.3 is 0 Å². The first-order chi connectivity index (χ1) is 10.6. The minimum absolute atomic E-state index is 0.455. The molecule has 2 aromatic carbocycles. The van der Waals surface area contributed by atoms with E-state index in [1.165, 1.54) is 16.5 Å². The predicted octanol–water partition coefficient (Wildman–Crippen LogP) is 4.54. The second-order valence-electron chi connectivity index (χ2n) is 6.24. The number of rotatable bonds is 5. The van der Waals surface area contributed by atoms with Crippen molar-refractivity contribution in [2.24, 2.45) is 5.92 Å². The van der Waals surface area contributed by atoms with Crippen LogP contribution in [0.15, 0.2) is 54.7 Å². The van der Waals surface area contributed by atoms with Gasteiger partial charge in [-0.3, -0.25) is 4.68 Å². The largest absolute Gasteiger partial charge is 0.382 e. The number of aromatic nitrogens is 2. The second kappa shape index (κ2) is 6.22. The number of fused-ring (bicyclic) bond motifs is 1. The highest BCUT2D eigenvalue weighted by atomic mass is 15.3. The predicted molar refractivity (Wildman–Crippen MR) is 93.2 cm³/mol. The molecular formula is C19H23N3. The van der Waals surface area contributed by atoms with E-state index in [-0.39, 0.29) is 0 Å². The van der Waals surface area contributed by atoms with Crippen LogP contribution in [0.3, 0.4) is 0 Å². The molecule has 1 aromatic heterocycles. The maximum Gasteiger partial charge on any atom is 0.0687 e. The number of anilines is 1. The van der Waals surface area contributed by atoms with Crippen molar-refractivity contribution in [3.05, 3.63) is 60.3 Å². The molecule has 3 rings (SSSR count). The standard InChI is InChI=1S/C19H23N3/c1-14(2)15(3)21-18-9-10-19-17(11-18)12-20-22(19)13-16-7-5-4-6-8-16/h4-12,14-15,21H,13H2,1-3H3. The molecule has 1 atom stereocenters. The molecule has 114 valence electrons. The molecule has 0 radical (unpaired) electrons. The molecule has 3 aromatic rings. The average molecular weight is 293 g/mol. The van der Waals surface area contributed by atoms with E-state index in [0.29, 0.717) is 12.0 Å². The number of hydrogen-bond donors (Lipinski definition) is 1. The minimum Gasteiger partial charge on any atom is -0.382 e. The molecule has 0 fully saturated rings. The van der Waals surface area contributed by atoms with Crippen molar-refractivity contribution in [2.45, 2.75) is 33.4 Å². The molecule has 22 heavy (non-hydrogen) atoms. The molecule has 0 aliphatic rings. The van der Waals surface area contributed by atoms with E-state index < -0.39 is 0 Å². The zero-order valence-electron chi connectivity index (χ0n) is 13.5. The van der Waals surface area contributed by atoms with Crippen LogP contribution in [-0.2, 0) is 6.54 Å². The lowest BCUT2D eigenvalue weighted by Gasteiger charge is -2.18. The Morgan fingerprint density at radius 1 is 1.05 bits per heavy atom. The fraction of sp³-hybridized carbons (Fsp3) is 0.316. The van der Waals surface area contributed by atoms with Gasteiger partial charge in [0, 0.05) is 17.1 Å². The van der Waals surface area contributed by atoms with Gasteiger partial charge < -0.3 is 5.32 Å². The summed E-state index contributed by atoms with van der Waals surface area (Å²) in [5.74, 6) is 0.608. The van der Waals surface area contributed by atoms with Crippen LogP contribution in [0.2, 0.25) is 0 Å². The molecule has 0 amide bonds. The van der Waals surface area contributed by atoms with E-state index in [4.69, 9.17) is 0 Å². The molecule has 1 N–H and O–H groups in total. The Labute approximate surface area is 132 Å². The van der Waals surface area contributed by atoms with E-state index >= 15 is 0 Å². The summed E-state index contributed by atoms with van der Waals surface area (Å²) in [5.41, 5.74) is 3.60.